The smallest absolute Gasteiger partial charge is 0.336 e. The van der Waals surface area contributed by atoms with Gasteiger partial charge in [0.15, 0.2) is 6.61 Å². The van der Waals surface area contributed by atoms with Gasteiger partial charge in [-0.3, -0.25) is 4.79 Å². The van der Waals surface area contributed by atoms with E-state index in [2.05, 4.69) is 5.32 Å². The summed E-state index contributed by atoms with van der Waals surface area (Å²) in [4.78, 5) is 25.5. The fourth-order valence-electron chi connectivity index (χ4n) is 2.58. The summed E-state index contributed by atoms with van der Waals surface area (Å²) in [6, 6.07) is 14.1. The van der Waals surface area contributed by atoms with E-state index in [0.29, 0.717) is 17.0 Å². The van der Waals surface area contributed by atoms with Gasteiger partial charge in [-0.25, -0.2) is 4.79 Å². The van der Waals surface area contributed by atoms with Gasteiger partial charge in [-0.05, 0) is 48.9 Å². The molecule has 3 rings (SSSR count). The van der Waals surface area contributed by atoms with Crippen LogP contribution in [0.2, 0.25) is 0 Å². The molecule has 0 aliphatic carbocycles. The molecule has 0 saturated heterocycles. The van der Waals surface area contributed by atoms with E-state index in [4.69, 9.17) is 9.15 Å². The van der Waals surface area contributed by atoms with Crippen LogP contribution in [0.3, 0.4) is 0 Å². The van der Waals surface area contributed by atoms with Crippen LogP contribution in [-0.4, -0.2) is 26.6 Å². The molecular formula is C20H20N2O4. The highest BCUT2D eigenvalue weighted by Gasteiger charge is 2.07. The molecule has 0 unspecified atom stereocenters. The minimum atomic E-state index is -0.411. The number of rotatable bonds is 5. The second kappa shape index (κ2) is 7.31. The Balaban J connectivity index is 1.64. The number of amides is 1. The number of aryl methyl sites for hydroxylation is 1. The summed E-state index contributed by atoms with van der Waals surface area (Å²) in [6.45, 7) is 1.70. The molecule has 6 heteroatoms. The normalized spacial score (nSPS) is 10.6. The van der Waals surface area contributed by atoms with Gasteiger partial charge in [-0.15, -0.1) is 0 Å². The lowest BCUT2D eigenvalue weighted by molar-refractivity contribution is -0.118. The number of benzene rings is 2. The Hall–Kier alpha value is -3.28. The molecule has 1 amide bonds. The Morgan fingerprint density at radius 2 is 1.85 bits per heavy atom. The van der Waals surface area contributed by atoms with Gasteiger partial charge in [-0.1, -0.05) is 0 Å². The van der Waals surface area contributed by atoms with Crippen LogP contribution >= 0.6 is 0 Å². The summed E-state index contributed by atoms with van der Waals surface area (Å²) in [7, 11) is 3.91. The number of hydrogen-bond acceptors (Lipinski definition) is 5. The van der Waals surface area contributed by atoms with E-state index in [9.17, 15) is 9.59 Å². The molecule has 0 saturated carbocycles. The first kappa shape index (κ1) is 17.5. The van der Waals surface area contributed by atoms with E-state index in [1.807, 2.05) is 50.2 Å². The van der Waals surface area contributed by atoms with E-state index in [0.717, 1.165) is 16.6 Å². The Morgan fingerprint density at radius 3 is 2.54 bits per heavy atom. The summed E-state index contributed by atoms with van der Waals surface area (Å²) in [5.74, 6) is 0.192. The van der Waals surface area contributed by atoms with Crippen molar-refractivity contribution in [3.8, 4) is 5.75 Å². The first-order valence-electron chi connectivity index (χ1n) is 8.17. The second-order valence-electron chi connectivity index (χ2n) is 6.18. The van der Waals surface area contributed by atoms with E-state index >= 15 is 0 Å². The topological polar surface area (TPSA) is 71.8 Å². The molecule has 0 aliphatic rings. The van der Waals surface area contributed by atoms with Gasteiger partial charge in [0.05, 0.1) is 0 Å². The molecule has 134 valence electrons. The fraction of sp³-hybridized carbons (Fsp3) is 0.200. The van der Waals surface area contributed by atoms with Gasteiger partial charge in [0.1, 0.15) is 11.3 Å². The highest BCUT2D eigenvalue weighted by atomic mass is 16.5. The molecule has 0 atom stereocenters. The van der Waals surface area contributed by atoms with E-state index in [-0.39, 0.29) is 12.5 Å². The van der Waals surface area contributed by atoms with E-state index in [1.165, 1.54) is 6.07 Å². The van der Waals surface area contributed by atoms with Crippen molar-refractivity contribution in [3.05, 3.63) is 64.5 Å². The maximum absolute atomic E-state index is 12.1. The molecule has 0 aliphatic heterocycles. The van der Waals surface area contributed by atoms with Crippen LogP contribution in [0.4, 0.5) is 11.4 Å². The third-order valence-electron chi connectivity index (χ3n) is 3.96. The average molecular weight is 352 g/mol. The predicted octanol–water partition coefficient (Wildman–Crippen LogP) is 3.18. The molecule has 1 aromatic heterocycles. The number of fused-ring (bicyclic) bond motifs is 1. The van der Waals surface area contributed by atoms with Crippen LogP contribution in [0, 0.1) is 6.92 Å². The zero-order valence-corrected chi connectivity index (χ0v) is 14.9. The van der Waals surface area contributed by atoms with Crippen LogP contribution < -0.4 is 20.6 Å². The SMILES string of the molecule is Cc1cc(=O)oc2cc(OCC(=O)Nc3ccc(N(C)C)cc3)ccc12. The molecule has 26 heavy (non-hydrogen) atoms. The minimum Gasteiger partial charge on any atom is -0.484 e. The zero-order chi connectivity index (χ0) is 18.7. The van der Waals surface area contributed by atoms with Crippen molar-refractivity contribution in [2.24, 2.45) is 0 Å². The number of hydrogen-bond donors (Lipinski definition) is 1. The Labute approximate surface area is 151 Å². The maximum Gasteiger partial charge on any atom is 0.336 e. The van der Waals surface area contributed by atoms with Gasteiger partial charge in [0.2, 0.25) is 0 Å². The molecule has 2 aromatic carbocycles. The number of ether oxygens (including phenoxy) is 1. The second-order valence-corrected chi connectivity index (χ2v) is 6.18. The standard InChI is InChI=1S/C20H20N2O4/c1-13-10-20(24)26-18-11-16(8-9-17(13)18)25-12-19(23)21-14-4-6-15(7-5-14)22(2)3/h4-11H,12H2,1-3H3,(H,21,23). The number of nitrogens with zero attached hydrogens (tertiary/aromatic N) is 1. The van der Waals surface area contributed by atoms with Crippen molar-refractivity contribution in [2.45, 2.75) is 6.92 Å². The van der Waals surface area contributed by atoms with Crippen molar-refractivity contribution >= 4 is 28.3 Å². The van der Waals surface area contributed by atoms with Crippen LogP contribution in [0.5, 0.6) is 5.75 Å². The molecule has 6 nitrogen and oxygen atoms in total. The first-order chi connectivity index (χ1) is 12.4. The quantitative estimate of drug-likeness (QED) is 0.714. The van der Waals surface area contributed by atoms with Gasteiger partial charge >= 0.3 is 5.63 Å². The number of anilines is 2. The summed E-state index contributed by atoms with van der Waals surface area (Å²) >= 11 is 0. The summed E-state index contributed by atoms with van der Waals surface area (Å²) in [6.07, 6.45) is 0. The third kappa shape index (κ3) is 4.03. The van der Waals surface area contributed by atoms with Gasteiger partial charge < -0.3 is 19.4 Å². The highest BCUT2D eigenvalue weighted by Crippen LogP contribution is 2.22. The number of carbonyl (C=O) groups is 1. The van der Waals surface area contributed by atoms with Crippen molar-refractivity contribution in [3.63, 3.8) is 0 Å². The van der Waals surface area contributed by atoms with Crippen LogP contribution in [0.25, 0.3) is 11.0 Å². The monoisotopic (exact) mass is 352 g/mol. The highest BCUT2D eigenvalue weighted by molar-refractivity contribution is 5.92. The lowest BCUT2D eigenvalue weighted by Crippen LogP contribution is -2.20. The van der Waals surface area contributed by atoms with Crippen LogP contribution in [-0.2, 0) is 4.79 Å². The molecular weight excluding hydrogens is 332 g/mol. The van der Waals surface area contributed by atoms with E-state index < -0.39 is 5.63 Å². The van der Waals surface area contributed by atoms with Gasteiger partial charge in [-0.2, -0.15) is 0 Å². The van der Waals surface area contributed by atoms with Crippen molar-refractivity contribution < 1.29 is 13.9 Å². The molecule has 0 fully saturated rings. The maximum atomic E-state index is 12.1. The molecule has 0 spiro atoms. The van der Waals surface area contributed by atoms with E-state index in [1.54, 1.807) is 18.2 Å². The molecule has 1 N–H and O–H groups in total. The van der Waals surface area contributed by atoms with Gasteiger partial charge in [0, 0.05) is 43.0 Å². The lowest BCUT2D eigenvalue weighted by atomic mass is 10.1. The van der Waals surface area contributed by atoms with Crippen LogP contribution in [0.1, 0.15) is 5.56 Å². The zero-order valence-electron chi connectivity index (χ0n) is 14.9. The molecule has 1 heterocycles. The number of nitrogens with one attached hydrogen (secondary N) is 1. The molecule has 0 radical (unpaired) electrons. The molecule has 3 aromatic rings. The number of carbonyl (C=O) groups excluding carboxylic acids is 1. The van der Waals surface area contributed by atoms with Crippen LogP contribution in [0.15, 0.2) is 57.7 Å². The minimum absolute atomic E-state index is 0.142. The summed E-state index contributed by atoms with van der Waals surface area (Å²) in [5.41, 5.74) is 2.61. The first-order valence-corrected chi connectivity index (χ1v) is 8.17. The Bertz CT molecular complexity index is 991. The lowest BCUT2D eigenvalue weighted by Gasteiger charge is -2.13. The molecule has 0 bridgehead atoms. The van der Waals surface area contributed by atoms with Crippen molar-refractivity contribution in [2.75, 3.05) is 30.9 Å². The summed E-state index contributed by atoms with van der Waals surface area (Å²) < 4.78 is 10.7. The largest absolute Gasteiger partial charge is 0.484 e. The fourth-order valence-corrected chi connectivity index (χ4v) is 2.58. The Kier molecular flexibility index (Phi) is 4.93. The van der Waals surface area contributed by atoms with Crippen molar-refractivity contribution in [1.82, 2.24) is 0 Å². The third-order valence-corrected chi connectivity index (χ3v) is 3.96. The summed E-state index contributed by atoms with van der Waals surface area (Å²) in [5, 5.41) is 3.61. The Morgan fingerprint density at radius 1 is 1.12 bits per heavy atom. The van der Waals surface area contributed by atoms with Gasteiger partial charge in [0.25, 0.3) is 5.91 Å². The van der Waals surface area contributed by atoms with Crippen molar-refractivity contribution in [1.29, 1.82) is 0 Å². The average Bonchev–Trinajstić information content (AvgIpc) is 2.60. The predicted molar refractivity (Wildman–Crippen MR) is 102 cm³/mol.